The second-order valence-corrected chi connectivity index (χ2v) is 2.91. The molecule has 0 fully saturated rings. The van der Waals surface area contributed by atoms with Crippen molar-refractivity contribution in [2.24, 2.45) is 0 Å². The molecule has 0 aliphatic rings. The summed E-state index contributed by atoms with van der Waals surface area (Å²) in [5.74, 6) is -3.16. The number of aliphatic hydroxyl groups is 1. The van der Waals surface area contributed by atoms with Gasteiger partial charge < -0.3 is 5.11 Å². The molecular weight excluding hydrogens is 181 g/mol. The van der Waals surface area contributed by atoms with Gasteiger partial charge in [-0.15, -0.1) is 0 Å². The van der Waals surface area contributed by atoms with Crippen molar-refractivity contribution in [1.29, 1.82) is 0 Å². The van der Waals surface area contributed by atoms with Crippen molar-refractivity contribution in [2.75, 3.05) is 0 Å². The Morgan fingerprint density at radius 2 is 1.92 bits per heavy atom. The van der Waals surface area contributed by atoms with Gasteiger partial charge in [0.15, 0.2) is 11.6 Å². The number of benzene rings is 1. The van der Waals surface area contributed by atoms with E-state index in [1.807, 2.05) is 0 Å². The van der Waals surface area contributed by atoms with Crippen LogP contribution < -0.4 is 0 Å². The summed E-state index contributed by atoms with van der Waals surface area (Å²) in [6.45, 7) is 1.42. The van der Waals surface area contributed by atoms with Gasteiger partial charge >= 0.3 is 0 Å². The van der Waals surface area contributed by atoms with Crippen LogP contribution in [0.15, 0.2) is 12.1 Å². The minimum atomic E-state index is -1.23. The molecule has 0 radical (unpaired) electrons. The molecule has 0 saturated heterocycles. The van der Waals surface area contributed by atoms with E-state index in [0.29, 0.717) is 6.07 Å². The summed E-state index contributed by atoms with van der Waals surface area (Å²) in [5.41, 5.74) is -0.146. The lowest BCUT2D eigenvalue weighted by Gasteiger charge is -2.06. The first-order chi connectivity index (χ1) is 6.00. The molecule has 0 aliphatic carbocycles. The summed E-state index contributed by atoms with van der Waals surface area (Å²) in [5, 5.41) is 8.90. The summed E-state index contributed by atoms with van der Waals surface area (Å²) in [7, 11) is 0. The van der Waals surface area contributed by atoms with Crippen molar-refractivity contribution in [3.05, 3.63) is 35.1 Å². The van der Waals surface area contributed by atoms with Crippen molar-refractivity contribution in [1.82, 2.24) is 0 Å². The number of hydrogen-bond acceptors (Lipinski definition) is 1. The third kappa shape index (κ3) is 2.45. The van der Waals surface area contributed by atoms with E-state index < -0.39 is 23.6 Å². The molecule has 0 saturated carbocycles. The van der Waals surface area contributed by atoms with Crippen LogP contribution in [0.2, 0.25) is 0 Å². The quantitative estimate of drug-likeness (QED) is 0.707. The average molecular weight is 190 g/mol. The molecule has 0 spiro atoms. The molecule has 0 aliphatic heterocycles. The Morgan fingerprint density at radius 1 is 1.31 bits per heavy atom. The van der Waals surface area contributed by atoms with Crippen LogP contribution >= 0.6 is 0 Å². The fraction of sp³-hybridized carbons (Fsp3) is 0.333. The molecule has 1 aromatic rings. The summed E-state index contributed by atoms with van der Waals surface area (Å²) >= 11 is 0. The maximum atomic E-state index is 12.9. The van der Waals surface area contributed by atoms with Gasteiger partial charge in [0.25, 0.3) is 0 Å². The first-order valence-electron chi connectivity index (χ1n) is 3.82. The zero-order valence-corrected chi connectivity index (χ0v) is 7.02. The molecular formula is C9H9F3O. The van der Waals surface area contributed by atoms with Crippen LogP contribution in [0.5, 0.6) is 0 Å². The van der Waals surface area contributed by atoms with Crippen LogP contribution in [-0.2, 0) is 6.42 Å². The van der Waals surface area contributed by atoms with Crippen molar-refractivity contribution in [3.63, 3.8) is 0 Å². The topological polar surface area (TPSA) is 20.2 Å². The predicted octanol–water partition coefficient (Wildman–Crippen LogP) is 2.03. The second-order valence-electron chi connectivity index (χ2n) is 2.91. The highest BCUT2D eigenvalue weighted by Gasteiger charge is 2.12. The van der Waals surface area contributed by atoms with Gasteiger partial charge in [-0.25, -0.2) is 13.2 Å². The molecule has 4 heteroatoms. The van der Waals surface area contributed by atoms with E-state index in [1.165, 1.54) is 6.92 Å². The molecule has 0 aromatic heterocycles. The van der Waals surface area contributed by atoms with Crippen LogP contribution in [0.4, 0.5) is 13.2 Å². The standard InChI is InChI=1S/C9H9F3O/c1-5(13)2-6-3-7(10)4-8(11)9(6)12/h3-5,13H,2H2,1H3/t5-/m1/s1. The normalized spacial score (nSPS) is 13.0. The van der Waals surface area contributed by atoms with Crippen LogP contribution in [-0.4, -0.2) is 11.2 Å². The minimum Gasteiger partial charge on any atom is -0.393 e. The van der Waals surface area contributed by atoms with Crippen molar-refractivity contribution >= 4 is 0 Å². The lowest BCUT2D eigenvalue weighted by molar-refractivity contribution is 0.193. The van der Waals surface area contributed by atoms with Crippen LogP contribution in [0.25, 0.3) is 0 Å². The fourth-order valence-electron chi connectivity index (χ4n) is 1.08. The highest BCUT2D eigenvalue weighted by molar-refractivity contribution is 5.20. The number of halogens is 3. The Morgan fingerprint density at radius 3 is 2.46 bits per heavy atom. The number of hydrogen-bond donors (Lipinski definition) is 1. The lowest BCUT2D eigenvalue weighted by atomic mass is 10.1. The molecule has 1 nitrogen and oxygen atoms in total. The third-order valence-electron chi connectivity index (χ3n) is 1.58. The Balaban J connectivity index is 3.05. The smallest absolute Gasteiger partial charge is 0.162 e. The van der Waals surface area contributed by atoms with Gasteiger partial charge in [-0.2, -0.15) is 0 Å². The molecule has 1 N–H and O–H groups in total. The minimum absolute atomic E-state index is 0.0967. The molecule has 1 rings (SSSR count). The Hall–Kier alpha value is -1.03. The Kier molecular flexibility index (Phi) is 2.93. The Labute approximate surface area is 73.8 Å². The first kappa shape index (κ1) is 10.1. The average Bonchev–Trinajstić information content (AvgIpc) is 1.98. The van der Waals surface area contributed by atoms with E-state index in [1.54, 1.807) is 0 Å². The third-order valence-corrected chi connectivity index (χ3v) is 1.58. The lowest BCUT2D eigenvalue weighted by Crippen LogP contribution is -2.07. The predicted molar refractivity (Wildman–Crippen MR) is 41.7 cm³/mol. The van der Waals surface area contributed by atoms with Gasteiger partial charge in [-0.3, -0.25) is 0 Å². The summed E-state index contributed by atoms with van der Waals surface area (Å²) < 4.78 is 38.1. The van der Waals surface area contributed by atoms with E-state index in [0.717, 1.165) is 6.07 Å². The van der Waals surface area contributed by atoms with Gasteiger partial charge in [0, 0.05) is 12.5 Å². The second kappa shape index (κ2) is 3.79. The molecule has 0 heterocycles. The molecule has 0 bridgehead atoms. The maximum absolute atomic E-state index is 12.9. The molecule has 0 amide bonds. The zero-order chi connectivity index (χ0) is 10.0. The zero-order valence-electron chi connectivity index (χ0n) is 7.02. The maximum Gasteiger partial charge on any atom is 0.162 e. The van der Waals surface area contributed by atoms with Crippen molar-refractivity contribution in [3.8, 4) is 0 Å². The largest absolute Gasteiger partial charge is 0.393 e. The number of rotatable bonds is 2. The first-order valence-corrected chi connectivity index (χ1v) is 3.82. The molecule has 1 atom stereocenters. The number of aliphatic hydroxyl groups excluding tert-OH is 1. The van der Waals surface area contributed by atoms with Crippen molar-refractivity contribution < 1.29 is 18.3 Å². The Bertz CT molecular complexity index is 310. The highest BCUT2D eigenvalue weighted by Crippen LogP contribution is 2.15. The summed E-state index contributed by atoms with van der Waals surface area (Å²) in [6.07, 6.45) is -0.920. The van der Waals surface area contributed by atoms with Crippen molar-refractivity contribution in [2.45, 2.75) is 19.4 Å². The van der Waals surface area contributed by atoms with E-state index in [4.69, 9.17) is 5.11 Å². The van der Waals surface area contributed by atoms with Crippen LogP contribution in [0.3, 0.4) is 0 Å². The van der Waals surface area contributed by atoms with E-state index in [2.05, 4.69) is 0 Å². The van der Waals surface area contributed by atoms with E-state index >= 15 is 0 Å². The monoisotopic (exact) mass is 190 g/mol. The SMILES string of the molecule is C[C@@H](O)Cc1cc(F)cc(F)c1F. The summed E-state index contributed by atoms with van der Waals surface area (Å²) in [6, 6.07) is 1.35. The molecule has 13 heavy (non-hydrogen) atoms. The highest BCUT2D eigenvalue weighted by atomic mass is 19.2. The van der Waals surface area contributed by atoms with Gasteiger partial charge in [-0.05, 0) is 18.6 Å². The van der Waals surface area contributed by atoms with Gasteiger partial charge in [0.2, 0.25) is 0 Å². The fourth-order valence-corrected chi connectivity index (χ4v) is 1.08. The van der Waals surface area contributed by atoms with Crippen LogP contribution in [0, 0.1) is 17.5 Å². The summed E-state index contributed by atoms with van der Waals surface area (Å²) in [4.78, 5) is 0. The molecule has 72 valence electrons. The van der Waals surface area contributed by atoms with E-state index in [-0.39, 0.29) is 12.0 Å². The molecule has 1 aromatic carbocycles. The van der Waals surface area contributed by atoms with Gasteiger partial charge in [-0.1, -0.05) is 0 Å². The van der Waals surface area contributed by atoms with E-state index in [9.17, 15) is 13.2 Å². The van der Waals surface area contributed by atoms with Gasteiger partial charge in [0.1, 0.15) is 5.82 Å². The van der Waals surface area contributed by atoms with Crippen LogP contribution in [0.1, 0.15) is 12.5 Å². The molecule has 0 unspecified atom stereocenters. The van der Waals surface area contributed by atoms with Gasteiger partial charge in [0.05, 0.1) is 6.10 Å².